The molecule has 4 nitrogen and oxygen atoms in total. The van der Waals surface area contributed by atoms with Gasteiger partial charge in [-0.25, -0.2) is 0 Å². The number of hydrogen-bond acceptors (Lipinski definition) is 0. The molecule has 2 heterocycles. The molecular weight excluding hydrogens is 550 g/mol. The van der Waals surface area contributed by atoms with Gasteiger partial charge in [-0.2, -0.15) is 9.36 Å². The molecule has 0 amide bonds. The maximum absolute atomic E-state index is 2.47. The maximum Gasteiger partial charge on any atom is 0.218 e. The van der Waals surface area contributed by atoms with Gasteiger partial charge in [-0.1, -0.05) is 25.7 Å². The molecule has 0 aliphatic rings. The molecule has 2 aromatic heterocycles. The molecule has 0 aliphatic heterocycles. The van der Waals surface area contributed by atoms with Crippen molar-refractivity contribution >= 4 is 45.2 Å². The first kappa shape index (κ1) is 22.2. The van der Waals surface area contributed by atoms with Crippen molar-refractivity contribution in [2.45, 2.75) is 79.3 Å². The van der Waals surface area contributed by atoms with Gasteiger partial charge in [0.1, 0.15) is 7.14 Å². The van der Waals surface area contributed by atoms with Gasteiger partial charge in [0.05, 0.1) is 24.5 Å². The summed E-state index contributed by atoms with van der Waals surface area (Å²) in [6, 6.07) is 0. The summed E-state index contributed by atoms with van der Waals surface area (Å²) in [5, 5.41) is 0. The van der Waals surface area contributed by atoms with Gasteiger partial charge in [-0.3, -0.25) is 0 Å². The summed E-state index contributed by atoms with van der Waals surface area (Å²) < 4.78 is 12.3. The third-order valence-electron chi connectivity index (χ3n) is 5.73. The van der Waals surface area contributed by atoms with Crippen LogP contribution in [-0.4, -0.2) is 9.36 Å². The summed E-state index contributed by atoms with van der Waals surface area (Å²) in [6.45, 7) is 11.2. The zero-order valence-electron chi connectivity index (χ0n) is 17.2. The smallest absolute Gasteiger partial charge is 0.157 e. The fourth-order valence-corrected chi connectivity index (χ4v) is 4.97. The van der Waals surface area contributed by atoms with Gasteiger partial charge in [-0.05, 0) is 71.9 Å². The molecule has 0 aliphatic carbocycles. The highest BCUT2D eigenvalue weighted by Gasteiger charge is 2.20. The van der Waals surface area contributed by atoms with Gasteiger partial charge >= 0.3 is 0 Å². The SMILES string of the molecule is Cc1c(I)c(C)[n+](C)n1CCCCCCCCn1c(C)c(I)c(C)[n+]1C. The second-order valence-electron chi connectivity index (χ2n) is 7.38. The lowest BCUT2D eigenvalue weighted by atomic mass is 10.1. The predicted octanol–water partition coefficient (Wildman–Crippen LogP) is 4.42. The van der Waals surface area contributed by atoms with E-state index in [1.54, 1.807) is 0 Å². The molecule has 0 saturated heterocycles. The van der Waals surface area contributed by atoms with Crippen LogP contribution in [0.2, 0.25) is 0 Å². The molecule has 0 spiro atoms. The zero-order valence-corrected chi connectivity index (χ0v) is 21.5. The van der Waals surface area contributed by atoms with E-state index in [0.29, 0.717) is 0 Å². The monoisotopic (exact) mass is 584 g/mol. The highest BCUT2D eigenvalue weighted by molar-refractivity contribution is 14.1. The van der Waals surface area contributed by atoms with Crippen molar-refractivity contribution in [1.82, 2.24) is 9.36 Å². The summed E-state index contributed by atoms with van der Waals surface area (Å²) >= 11 is 4.93. The Morgan fingerprint density at radius 2 is 0.923 bits per heavy atom. The highest BCUT2D eigenvalue weighted by atomic mass is 127. The standard InChI is InChI=1S/C20H34I2N4/c1-15-19(21)17(3)25(23(15)5)13-11-9-7-8-10-12-14-26-18(4)20(22)16(2)24(26)6/h7-14H2,1-6H3/q+2. The molecule has 0 saturated carbocycles. The lowest BCUT2D eigenvalue weighted by molar-refractivity contribution is -0.759. The summed E-state index contributed by atoms with van der Waals surface area (Å²) in [5.74, 6) is 0. The minimum atomic E-state index is 1.14. The topological polar surface area (TPSA) is 17.6 Å². The van der Waals surface area contributed by atoms with Crippen molar-refractivity contribution in [3.8, 4) is 0 Å². The number of rotatable bonds is 9. The summed E-state index contributed by atoms with van der Waals surface area (Å²) in [5.41, 5.74) is 5.57. The quantitative estimate of drug-likeness (QED) is 0.236. The van der Waals surface area contributed by atoms with Crippen molar-refractivity contribution in [3.05, 3.63) is 29.9 Å². The van der Waals surface area contributed by atoms with Crippen molar-refractivity contribution in [2.75, 3.05) is 0 Å². The first-order valence-electron chi connectivity index (χ1n) is 9.70. The van der Waals surface area contributed by atoms with Gasteiger partial charge in [0.25, 0.3) is 0 Å². The molecule has 0 aromatic carbocycles. The molecule has 146 valence electrons. The number of nitrogens with zero attached hydrogens (tertiary/aromatic N) is 4. The van der Waals surface area contributed by atoms with E-state index in [-0.39, 0.29) is 0 Å². The average molecular weight is 584 g/mol. The Hall–Kier alpha value is -0.120. The van der Waals surface area contributed by atoms with Gasteiger partial charge < -0.3 is 0 Å². The Kier molecular flexibility index (Phi) is 8.43. The first-order chi connectivity index (χ1) is 12.3. The Morgan fingerprint density at radius 1 is 0.615 bits per heavy atom. The highest BCUT2D eigenvalue weighted by Crippen LogP contribution is 2.16. The van der Waals surface area contributed by atoms with E-state index >= 15 is 0 Å². The molecular formula is C20H34I2N4+2. The van der Waals surface area contributed by atoms with Crippen molar-refractivity contribution in [1.29, 1.82) is 0 Å². The van der Waals surface area contributed by atoms with Gasteiger partial charge in [-0.15, -0.1) is 9.36 Å². The van der Waals surface area contributed by atoms with Crippen LogP contribution in [0.3, 0.4) is 0 Å². The maximum atomic E-state index is 2.47. The van der Waals surface area contributed by atoms with E-state index in [2.05, 4.69) is 106 Å². The van der Waals surface area contributed by atoms with E-state index in [1.165, 1.54) is 68.4 Å². The number of unbranched alkanes of at least 4 members (excludes halogenated alkanes) is 5. The normalized spacial score (nSPS) is 11.5. The summed E-state index contributed by atoms with van der Waals surface area (Å²) in [7, 11) is 4.35. The summed E-state index contributed by atoms with van der Waals surface area (Å²) in [6.07, 6.45) is 7.94. The largest absolute Gasteiger partial charge is 0.218 e. The second-order valence-corrected chi connectivity index (χ2v) is 9.54. The van der Waals surface area contributed by atoms with Crippen LogP contribution >= 0.6 is 45.2 Å². The Balaban J connectivity index is 1.65. The lowest BCUT2D eigenvalue weighted by Gasteiger charge is -2.05. The molecule has 6 heteroatoms. The average Bonchev–Trinajstić information content (AvgIpc) is 2.92. The van der Waals surface area contributed by atoms with E-state index in [1.807, 2.05) is 0 Å². The third-order valence-corrected chi connectivity index (χ3v) is 8.85. The lowest BCUT2D eigenvalue weighted by Crippen LogP contribution is -2.41. The van der Waals surface area contributed by atoms with E-state index in [0.717, 1.165) is 13.1 Å². The molecule has 26 heavy (non-hydrogen) atoms. The molecule has 0 radical (unpaired) electrons. The van der Waals surface area contributed by atoms with Gasteiger partial charge in [0, 0.05) is 13.8 Å². The van der Waals surface area contributed by atoms with Crippen LogP contribution in [0.25, 0.3) is 0 Å². The van der Waals surface area contributed by atoms with E-state index in [4.69, 9.17) is 0 Å². The molecule has 0 fully saturated rings. The predicted molar refractivity (Wildman–Crippen MR) is 123 cm³/mol. The third kappa shape index (κ3) is 4.83. The second kappa shape index (κ2) is 9.89. The molecule has 0 unspecified atom stereocenters. The molecule has 0 N–H and O–H groups in total. The zero-order chi connectivity index (χ0) is 19.4. The van der Waals surface area contributed by atoms with Crippen molar-refractivity contribution in [3.63, 3.8) is 0 Å². The van der Waals surface area contributed by atoms with Crippen LogP contribution in [0, 0.1) is 34.8 Å². The van der Waals surface area contributed by atoms with Crippen LogP contribution in [0.15, 0.2) is 0 Å². The van der Waals surface area contributed by atoms with Gasteiger partial charge in [0.2, 0.25) is 11.4 Å². The number of aromatic nitrogens is 4. The molecule has 0 bridgehead atoms. The number of hydrogen-bond donors (Lipinski definition) is 0. The Morgan fingerprint density at radius 3 is 1.19 bits per heavy atom. The van der Waals surface area contributed by atoms with E-state index < -0.39 is 0 Å². The fraction of sp³-hybridized carbons (Fsp3) is 0.700. The number of halogens is 2. The minimum Gasteiger partial charge on any atom is -0.157 e. The van der Waals surface area contributed by atoms with Crippen molar-refractivity contribution in [2.24, 2.45) is 14.1 Å². The van der Waals surface area contributed by atoms with Crippen LogP contribution in [-0.2, 0) is 27.2 Å². The van der Waals surface area contributed by atoms with Gasteiger partial charge in [0.15, 0.2) is 14.1 Å². The van der Waals surface area contributed by atoms with Crippen LogP contribution in [0.4, 0.5) is 0 Å². The van der Waals surface area contributed by atoms with E-state index in [9.17, 15) is 0 Å². The van der Waals surface area contributed by atoms with Crippen LogP contribution in [0.5, 0.6) is 0 Å². The van der Waals surface area contributed by atoms with Crippen LogP contribution in [0.1, 0.15) is 61.3 Å². The van der Waals surface area contributed by atoms with Crippen LogP contribution < -0.4 is 9.36 Å². The van der Waals surface area contributed by atoms with Crippen molar-refractivity contribution < 1.29 is 9.36 Å². The first-order valence-corrected chi connectivity index (χ1v) is 11.9. The molecule has 0 atom stereocenters. The Labute approximate surface area is 186 Å². The Bertz CT molecular complexity index is 644. The molecule has 2 aromatic rings. The fourth-order valence-electron chi connectivity index (χ4n) is 3.71. The summed E-state index contributed by atoms with van der Waals surface area (Å²) in [4.78, 5) is 0. The molecule has 2 rings (SSSR count). The minimum absolute atomic E-state index is 1.14.